The third kappa shape index (κ3) is 4.40. The van der Waals surface area contributed by atoms with Crippen LogP contribution in [0.5, 0.6) is 0 Å². The van der Waals surface area contributed by atoms with Crippen molar-refractivity contribution < 1.29 is 0 Å². The van der Waals surface area contributed by atoms with Crippen LogP contribution in [0.3, 0.4) is 0 Å². The van der Waals surface area contributed by atoms with Crippen LogP contribution in [0, 0.1) is 0 Å². The van der Waals surface area contributed by atoms with Gasteiger partial charge >= 0.3 is 0 Å². The van der Waals surface area contributed by atoms with E-state index < -0.39 is 7.18 Å². The zero-order valence-electron chi connectivity index (χ0n) is 2.97. The molecule has 0 heterocycles. The van der Waals surface area contributed by atoms with Crippen LogP contribution in [-0.2, 0) is 0 Å². The van der Waals surface area contributed by atoms with Gasteiger partial charge in [-0.3, -0.25) is 0 Å². The molecule has 0 bridgehead atoms. The van der Waals surface area contributed by atoms with Gasteiger partial charge in [-0.15, -0.1) is 11.6 Å². The molecule has 0 aromatic heterocycles. The molecule has 1 atom stereocenters. The quantitative estimate of drug-likeness (QED) is 0.475. The van der Waals surface area contributed by atoms with Crippen molar-refractivity contribution in [1.82, 2.24) is 0 Å². The second-order valence-corrected chi connectivity index (χ2v) is 5.63. The molecule has 0 amide bonds. The molecule has 0 N–H and O–H groups in total. The Hall–Kier alpha value is 1.89. The molecule has 0 rings (SSSR count). The number of rotatable bonds is 0. The van der Waals surface area contributed by atoms with Crippen molar-refractivity contribution in [3.8, 4) is 0 Å². The van der Waals surface area contributed by atoms with Gasteiger partial charge in [-0.05, 0) is 0 Å². The van der Waals surface area contributed by atoms with Gasteiger partial charge in [-0.1, -0.05) is 57.4 Å². The lowest BCUT2D eigenvalue weighted by Crippen LogP contribution is -2.10. The van der Waals surface area contributed by atoms with E-state index in [0.717, 1.165) is 0 Å². The van der Waals surface area contributed by atoms with Gasteiger partial charge in [0.05, 0.1) is 0 Å². The Labute approximate surface area is 75.6 Å². The highest BCUT2D eigenvalue weighted by Crippen LogP contribution is 2.37. The lowest BCUT2D eigenvalue weighted by Gasteiger charge is -2.09. The van der Waals surface area contributed by atoms with Gasteiger partial charge in [0.2, 0.25) is 3.79 Å². The molecular weight excluding hydrogens is 293 g/mol. The maximum atomic E-state index is 5.34. The van der Waals surface area contributed by atoms with Gasteiger partial charge in [0.15, 0.2) is 0 Å². The second-order valence-electron chi connectivity index (χ2n) is 0.842. The summed E-state index contributed by atoms with van der Waals surface area (Å²) in [7, 11) is 0. The average molecular weight is 294 g/mol. The smallest absolute Gasteiger partial charge is 0.107 e. The highest BCUT2D eigenvalue weighted by atomic mass is 127. The van der Waals surface area contributed by atoms with E-state index in [4.69, 9.17) is 46.4 Å². The lowest BCUT2D eigenvalue weighted by molar-refractivity contribution is 1.24. The minimum absolute atomic E-state index is 0.463. The summed E-state index contributed by atoms with van der Waals surface area (Å²) < 4.78 is -1.79. The monoisotopic (exact) mass is 292 g/mol. The fraction of sp³-hybridized carbons (Fsp3) is 1.00. The Morgan fingerprint density at radius 2 is 1.43 bits per heavy atom. The highest BCUT2D eigenvalue weighted by Gasteiger charge is 2.27. The van der Waals surface area contributed by atoms with Crippen LogP contribution in [0.15, 0.2) is 0 Å². The first-order valence-corrected chi connectivity index (χ1v) is 4.11. The first-order chi connectivity index (χ1) is 2.94. The van der Waals surface area contributed by atoms with Crippen molar-refractivity contribution in [2.75, 3.05) is 0 Å². The van der Waals surface area contributed by atoms with Crippen molar-refractivity contribution in [3.05, 3.63) is 0 Å². The summed E-state index contributed by atoms with van der Waals surface area (Å²) in [6, 6.07) is 0. The van der Waals surface area contributed by atoms with Crippen molar-refractivity contribution in [2.24, 2.45) is 0 Å². The zero-order chi connectivity index (χ0) is 6.08. The number of hydrogen-bond donors (Lipinski definition) is 0. The summed E-state index contributed by atoms with van der Waals surface area (Å²) in [5.74, 6) is 0. The molecular formula is C2HCl4I. The van der Waals surface area contributed by atoms with E-state index in [1.807, 2.05) is 22.6 Å². The largest absolute Gasteiger partial charge is 0.215 e. The van der Waals surface area contributed by atoms with E-state index in [-0.39, 0.29) is 0 Å². The van der Waals surface area contributed by atoms with Crippen LogP contribution < -0.4 is 0 Å². The zero-order valence-corrected chi connectivity index (χ0v) is 8.15. The van der Waals surface area contributed by atoms with E-state index in [2.05, 4.69) is 0 Å². The summed E-state index contributed by atoms with van der Waals surface area (Å²) in [6.45, 7) is 0. The molecule has 5 heteroatoms. The maximum absolute atomic E-state index is 5.34. The molecule has 0 aromatic rings. The van der Waals surface area contributed by atoms with Crippen LogP contribution in [0.4, 0.5) is 0 Å². The molecule has 0 radical (unpaired) electrons. The van der Waals surface area contributed by atoms with Crippen molar-refractivity contribution in [2.45, 2.75) is 7.18 Å². The highest BCUT2D eigenvalue weighted by molar-refractivity contribution is 14.1. The van der Waals surface area contributed by atoms with Gasteiger partial charge in [-0.25, -0.2) is 0 Å². The summed E-state index contributed by atoms with van der Waals surface area (Å²) in [5.41, 5.74) is 0. The van der Waals surface area contributed by atoms with Crippen LogP contribution in [0.25, 0.3) is 0 Å². The summed E-state index contributed by atoms with van der Waals surface area (Å²) in [5, 5.41) is 0. The fourth-order valence-electron chi connectivity index (χ4n) is 0. The fourth-order valence-corrected chi connectivity index (χ4v) is 0. The predicted molar refractivity (Wildman–Crippen MR) is 44.0 cm³/mol. The normalized spacial score (nSPS) is 16.7. The predicted octanol–water partition coefficient (Wildman–Crippen LogP) is 3.36. The first kappa shape index (κ1) is 8.89. The molecule has 0 nitrogen and oxygen atoms in total. The van der Waals surface area contributed by atoms with Crippen molar-refractivity contribution >= 4 is 69.0 Å². The minimum Gasteiger partial charge on any atom is -0.107 e. The Morgan fingerprint density at radius 1 is 1.29 bits per heavy atom. The molecule has 7 heavy (non-hydrogen) atoms. The lowest BCUT2D eigenvalue weighted by atomic mass is 10.9. The standard InChI is InChI=1S/C2HCl4I/c3-1(7)2(4,5)6/h1H. The van der Waals surface area contributed by atoms with Gasteiger partial charge in [0.25, 0.3) is 0 Å². The number of halogens is 5. The molecule has 1 unspecified atom stereocenters. The van der Waals surface area contributed by atoms with Gasteiger partial charge < -0.3 is 0 Å². The number of hydrogen-bond acceptors (Lipinski definition) is 0. The van der Waals surface area contributed by atoms with Gasteiger partial charge in [0, 0.05) is 0 Å². The van der Waals surface area contributed by atoms with Crippen LogP contribution in [0.2, 0.25) is 0 Å². The second kappa shape index (κ2) is 3.16. The SMILES string of the molecule is ClC(I)C(Cl)(Cl)Cl. The van der Waals surface area contributed by atoms with Crippen molar-refractivity contribution in [1.29, 1.82) is 0 Å². The number of alkyl halides is 5. The molecule has 44 valence electrons. The van der Waals surface area contributed by atoms with Crippen LogP contribution >= 0.6 is 69.0 Å². The van der Waals surface area contributed by atoms with E-state index in [0.29, 0.717) is 0 Å². The minimum atomic E-state index is -1.33. The Morgan fingerprint density at radius 3 is 1.43 bits per heavy atom. The molecule has 0 aliphatic carbocycles. The van der Waals surface area contributed by atoms with Crippen molar-refractivity contribution in [3.63, 3.8) is 0 Å². The van der Waals surface area contributed by atoms with Crippen LogP contribution in [0.1, 0.15) is 0 Å². The van der Waals surface area contributed by atoms with E-state index in [1.165, 1.54) is 0 Å². The van der Waals surface area contributed by atoms with E-state index in [1.54, 1.807) is 0 Å². The molecule has 0 saturated carbocycles. The topological polar surface area (TPSA) is 0 Å². The maximum Gasteiger partial charge on any atom is 0.215 e. The molecule has 0 saturated heterocycles. The molecule has 0 spiro atoms. The van der Waals surface area contributed by atoms with E-state index >= 15 is 0 Å². The molecule has 0 aromatic carbocycles. The summed E-state index contributed by atoms with van der Waals surface area (Å²) in [6.07, 6.45) is 0. The Bertz CT molecular complexity index is 55.2. The van der Waals surface area contributed by atoms with Gasteiger partial charge in [-0.2, -0.15) is 0 Å². The summed E-state index contributed by atoms with van der Waals surface area (Å²) >= 11 is 22.9. The third-order valence-electron chi connectivity index (χ3n) is 0.247. The Balaban J connectivity index is 3.54. The van der Waals surface area contributed by atoms with E-state index in [9.17, 15) is 0 Å². The first-order valence-electron chi connectivity index (χ1n) is 1.29. The third-order valence-corrected chi connectivity index (χ3v) is 3.60. The van der Waals surface area contributed by atoms with Gasteiger partial charge in [0.1, 0.15) is 3.38 Å². The average Bonchev–Trinajstić information content (AvgIpc) is 1.31. The molecule has 0 fully saturated rings. The summed E-state index contributed by atoms with van der Waals surface area (Å²) in [4.78, 5) is 0. The molecule has 0 aliphatic heterocycles. The van der Waals surface area contributed by atoms with Crippen LogP contribution in [-0.4, -0.2) is 7.18 Å². The molecule has 0 aliphatic rings. The Kier molecular flexibility index (Phi) is 4.01.